The number of nitrogens with two attached hydrogens (primary N) is 1. The fourth-order valence-electron chi connectivity index (χ4n) is 2.31. The number of carboxylic acids is 1. The SMILES string of the molecule is COc1ccc2cc(C(=O)CC(C)C[C@@H](N)C(=O)O)oc2c1. The fourth-order valence-corrected chi connectivity index (χ4v) is 2.31. The number of methoxy groups -OCH3 is 1. The van der Waals surface area contributed by atoms with Crippen molar-refractivity contribution in [2.24, 2.45) is 11.7 Å². The minimum atomic E-state index is -1.06. The number of ketones is 1. The molecule has 118 valence electrons. The third-order valence-corrected chi connectivity index (χ3v) is 3.51. The minimum Gasteiger partial charge on any atom is -0.497 e. The molecule has 1 aromatic heterocycles. The highest BCUT2D eigenvalue weighted by Crippen LogP contribution is 2.25. The van der Waals surface area contributed by atoms with Gasteiger partial charge in [-0.15, -0.1) is 0 Å². The van der Waals surface area contributed by atoms with Crippen molar-refractivity contribution in [2.45, 2.75) is 25.8 Å². The topological polar surface area (TPSA) is 103 Å². The molecule has 0 saturated carbocycles. The first kappa shape index (κ1) is 16.0. The van der Waals surface area contributed by atoms with Crippen molar-refractivity contribution in [3.63, 3.8) is 0 Å². The Morgan fingerprint density at radius 3 is 2.73 bits per heavy atom. The Bertz CT molecular complexity index is 691. The summed E-state index contributed by atoms with van der Waals surface area (Å²) >= 11 is 0. The zero-order valence-electron chi connectivity index (χ0n) is 12.5. The van der Waals surface area contributed by atoms with Crippen LogP contribution in [0.5, 0.6) is 5.75 Å². The molecule has 0 aliphatic rings. The summed E-state index contributed by atoms with van der Waals surface area (Å²) in [5.74, 6) is -0.447. The molecule has 6 nitrogen and oxygen atoms in total. The van der Waals surface area contributed by atoms with E-state index in [9.17, 15) is 9.59 Å². The standard InChI is InChI=1S/C16H19NO5/c1-9(5-12(17)16(19)20)6-13(18)15-7-10-3-4-11(21-2)8-14(10)22-15/h3-4,7-9,12H,5-6,17H2,1-2H3,(H,19,20)/t9?,12-/m1/s1. The van der Waals surface area contributed by atoms with E-state index < -0.39 is 12.0 Å². The summed E-state index contributed by atoms with van der Waals surface area (Å²) in [5.41, 5.74) is 6.06. The lowest BCUT2D eigenvalue weighted by Crippen LogP contribution is -2.32. The van der Waals surface area contributed by atoms with Gasteiger partial charge in [-0.3, -0.25) is 9.59 Å². The Morgan fingerprint density at radius 2 is 2.09 bits per heavy atom. The van der Waals surface area contributed by atoms with Gasteiger partial charge in [-0.25, -0.2) is 0 Å². The molecular weight excluding hydrogens is 286 g/mol. The number of fused-ring (bicyclic) bond motifs is 1. The van der Waals surface area contributed by atoms with E-state index in [-0.39, 0.29) is 30.3 Å². The minimum absolute atomic E-state index is 0.138. The van der Waals surface area contributed by atoms with Gasteiger partial charge in [-0.2, -0.15) is 0 Å². The number of benzene rings is 1. The van der Waals surface area contributed by atoms with Gasteiger partial charge in [-0.1, -0.05) is 6.92 Å². The highest BCUT2D eigenvalue weighted by atomic mass is 16.5. The van der Waals surface area contributed by atoms with E-state index in [1.807, 2.05) is 6.07 Å². The average molecular weight is 305 g/mol. The molecule has 2 aromatic rings. The van der Waals surface area contributed by atoms with Gasteiger partial charge in [-0.05, 0) is 30.5 Å². The summed E-state index contributed by atoms with van der Waals surface area (Å²) in [6.07, 6.45) is 0.438. The Morgan fingerprint density at radius 1 is 1.36 bits per heavy atom. The summed E-state index contributed by atoms with van der Waals surface area (Å²) in [5, 5.41) is 9.60. The number of rotatable bonds is 7. The van der Waals surface area contributed by atoms with E-state index in [0.717, 1.165) is 5.39 Å². The van der Waals surface area contributed by atoms with Crippen LogP contribution in [0.25, 0.3) is 11.0 Å². The summed E-state index contributed by atoms with van der Waals surface area (Å²) in [6.45, 7) is 1.80. The van der Waals surface area contributed by atoms with Gasteiger partial charge in [0.25, 0.3) is 0 Å². The quantitative estimate of drug-likeness (QED) is 0.762. The zero-order valence-corrected chi connectivity index (χ0v) is 12.5. The van der Waals surface area contributed by atoms with Gasteiger partial charge in [0.2, 0.25) is 0 Å². The van der Waals surface area contributed by atoms with Crippen LogP contribution in [0.1, 0.15) is 30.3 Å². The molecule has 22 heavy (non-hydrogen) atoms. The van der Waals surface area contributed by atoms with Crippen molar-refractivity contribution in [2.75, 3.05) is 7.11 Å². The number of Topliss-reactive ketones (excluding diaryl/α,β-unsaturated/α-hetero) is 1. The van der Waals surface area contributed by atoms with Crippen LogP contribution in [0.4, 0.5) is 0 Å². The van der Waals surface area contributed by atoms with Crippen molar-refractivity contribution in [1.29, 1.82) is 0 Å². The first-order chi connectivity index (χ1) is 10.4. The summed E-state index contributed by atoms with van der Waals surface area (Å²) in [7, 11) is 1.56. The number of aliphatic carboxylic acids is 1. The highest BCUT2D eigenvalue weighted by Gasteiger charge is 2.20. The van der Waals surface area contributed by atoms with Crippen molar-refractivity contribution in [1.82, 2.24) is 0 Å². The molecule has 0 saturated heterocycles. The van der Waals surface area contributed by atoms with Gasteiger partial charge in [0.1, 0.15) is 17.4 Å². The van der Waals surface area contributed by atoms with Gasteiger partial charge in [0, 0.05) is 17.9 Å². The summed E-state index contributed by atoms with van der Waals surface area (Å²) < 4.78 is 10.7. The van der Waals surface area contributed by atoms with Crippen LogP contribution in [-0.2, 0) is 4.79 Å². The van der Waals surface area contributed by atoms with Gasteiger partial charge >= 0.3 is 5.97 Å². The van der Waals surface area contributed by atoms with Gasteiger partial charge < -0.3 is 20.0 Å². The molecule has 0 radical (unpaired) electrons. The average Bonchev–Trinajstić information content (AvgIpc) is 2.89. The number of carbonyl (C=O) groups is 2. The lowest BCUT2D eigenvalue weighted by Gasteiger charge is -2.12. The molecule has 2 rings (SSSR count). The van der Waals surface area contributed by atoms with Crippen LogP contribution in [-0.4, -0.2) is 30.0 Å². The molecule has 0 aliphatic heterocycles. The molecule has 0 aliphatic carbocycles. The van der Waals surface area contributed by atoms with E-state index in [2.05, 4.69) is 0 Å². The third kappa shape index (κ3) is 3.65. The van der Waals surface area contributed by atoms with Crippen LogP contribution >= 0.6 is 0 Å². The molecule has 2 atom stereocenters. The number of furan rings is 1. The Labute approximate surface area is 127 Å². The molecular formula is C16H19NO5. The molecule has 1 heterocycles. The molecule has 1 aromatic carbocycles. The predicted octanol–water partition coefficient (Wildman–Crippen LogP) is 2.45. The first-order valence-electron chi connectivity index (χ1n) is 7.00. The first-order valence-corrected chi connectivity index (χ1v) is 7.00. The largest absolute Gasteiger partial charge is 0.497 e. The van der Waals surface area contributed by atoms with E-state index >= 15 is 0 Å². The molecule has 0 amide bonds. The summed E-state index contributed by atoms with van der Waals surface area (Å²) in [4.78, 5) is 22.9. The Hall–Kier alpha value is -2.34. The van der Waals surface area contributed by atoms with Crippen LogP contribution in [0.3, 0.4) is 0 Å². The van der Waals surface area contributed by atoms with Gasteiger partial charge in [0.05, 0.1) is 7.11 Å². The van der Waals surface area contributed by atoms with E-state index in [4.69, 9.17) is 20.0 Å². The van der Waals surface area contributed by atoms with E-state index in [1.165, 1.54) is 0 Å². The van der Waals surface area contributed by atoms with Crippen molar-refractivity contribution in [3.05, 3.63) is 30.0 Å². The number of hydrogen-bond acceptors (Lipinski definition) is 5. The van der Waals surface area contributed by atoms with Crippen LogP contribution in [0.2, 0.25) is 0 Å². The van der Waals surface area contributed by atoms with Crippen LogP contribution in [0.15, 0.2) is 28.7 Å². The monoisotopic (exact) mass is 305 g/mol. The molecule has 0 fully saturated rings. The fraction of sp³-hybridized carbons (Fsp3) is 0.375. The van der Waals surface area contributed by atoms with Crippen molar-refractivity contribution >= 4 is 22.7 Å². The zero-order chi connectivity index (χ0) is 16.3. The number of carbonyl (C=O) groups excluding carboxylic acids is 1. The maximum atomic E-state index is 12.2. The number of hydrogen-bond donors (Lipinski definition) is 2. The van der Waals surface area contributed by atoms with Crippen LogP contribution in [0, 0.1) is 5.92 Å². The van der Waals surface area contributed by atoms with Gasteiger partial charge in [0.15, 0.2) is 11.5 Å². The maximum absolute atomic E-state index is 12.2. The number of ether oxygens (including phenoxy) is 1. The third-order valence-electron chi connectivity index (χ3n) is 3.51. The molecule has 6 heteroatoms. The molecule has 0 bridgehead atoms. The Kier molecular flexibility index (Phi) is 4.82. The van der Waals surface area contributed by atoms with Crippen molar-refractivity contribution in [3.8, 4) is 5.75 Å². The second-order valence-electron chi connectivity index (χ2n) is 5.43. The predicted molar refractivity (Wildman–Crippen MR) is 81.1 cm³/mol. The lowest BCUT2D eigenvalue weighted by molar-refractivity contribution is -0.138. The van der Waals surface area contributed by atoms with Crippen LogP contribution < -0.4 is 10.5 Å². The normalized spacial score (nSPS) is 13.8. The number of carboxylic acid groups (broad SMARTS) is 1. The molecule has 0 spiro atoms. The second-order valence-corrected chi connectivity index (χ2v) is 5.43. The van der Waals surface area contributed by atoms with E-state index in [0.29, 0.717) is 11.3 Å². The maximum Gasteiger partial charge on any atom is 0.320 e. The molecule has 1 unspecified atom stereocenters. The lowest BCUT2D eigenvalue weighted by atomic mass is 9.96. The Balaban J connectivity index is 2.07. The molecule has 3 N–H and O–H groups in total. The van der Waals surface area contributed by atoms with E-state index in [1.54, 1.807) is 32.2 Å². The van der Waals surface area contributed by atoms with Crippen molar-refractivity contribution < 1.29 is 23.8 Å². The highest BCUT2D eigenvalue weighted by molar-refractivity contribution is 5.97. The second kappa shape index (κ2) is 6.62. The summed E-state index contributed by atoms with van der Waals surface area (Å²) in [6, 6.07) is 6.05. The smallest absolute Gasteiger partial charge is 0.320 e.